The summed E-state index contributed by atoms with van der Waals surface area (Å²) in [6, 6.07) is 0. The number of piperazine rings is 1. The van der Waals surface area contributed by atoms with Crippen molar-refractivity contribution in [1.29, 1.82) is 0 Å². The number of rotatable bonds is 4. The van der Waals surface area contributed by atoms with Crippen molar-refractivity contribution in [3.63, 3.8) is 0 Å². The Balaban J connectivity index is 2.43. The second-order valence-electron chi connectivity index (χ2n) is 3.24. The monoisotopic (exact) mass is 222 g/mol. The molecule has 0 saturated carbocycles. The molecule has 1 aliphatic rings. The van der Waals surface area contributed by atoms with Crippen LogP contribution >= 0.6 is 0 Å². The molecule has 1 fully saturated rings. The summed E-state index contributed by atoms with van der Waals surface area (Å²) in [6.45, 7) is 4.08. The van der Waals surface area contributed by atoms with Crippen molar-refractivity contribution in [1.82, 2.24) is 13.9 Å². The molecule has 0 aliphatic carbocycles. The van der Waals surface area contributed by atoms with E-state index in [0.717, 1.165) is 19.6 Å². The van der Waals surface area contributed by atoms with Crippen LogP contribution in [0.4, 0.5) is 0 Å². The van der Waals surface area contributed by atoms with Crippen LogP contribution in [0.15, 0.2) is 0 Å². The minimum absolute atomic E-state index is 0.545. The summed E-state index contributed by atoms with van der Waals surface area (Å²) in [6.07, 6.45) is 0. The molecule has 1 rings (SSSR count). The van der Waals surface area contributed by atoms with E-state index in [-0.39, 0.29) is 0 Å². The van der Waals surface area contributed by atoms with E-state index in [9.17, 15) is 8.42 Å². The van der Waals surface area contributed by atoms with Gasteiger partial charge in [0.05, 0.1) is 0 Å². The third-order valence-corrected chi connectivity index (χ3v) is 3.94. The number of nitrogens with zero attached hydrogens (tertiary/aromatic N) is 2. The minimum Gasteiger partial charge on any atom is -0.329 e. The minimum atomic E-state index is -3.23. The molecule has 14 heavy (non-hydrogen) atoms. The van der Waals surface area contributed by atoms with E-state index < -0.39 is 10.2 Å². The van der Waals surface area contributed by atoms with Crippen LogP contribution in [0.1, 0.15) is 0 Å². The van der Waals surface area contributed by atoms with Crippen LogP contribution in [0.3, 0.4) is 0 Å². The number of hydrogen-bond acceptors (Lipinski definition) is 4. The molecule has 0 spiro atoms. The lowest BCUT2D eigenvalue weighted by atomic mass is 10.3. The van der Waals surface area contributed by atoms with Gasteiger partial charge in [-0.05, 0) is 0 Å². The predicted octanol–water partition coefficient (Wildman–Crippen LogP) is -1.97. The van der Waals surface area contributed by atoms with Crippen LogP contribution in [0, 0.1) is 0 Å². The maximum atomic E-state index is 11.4. The van der Waals surface area contributed by atoms with E-state index in [1.807, 2.05) is 0 Å². The third-order valence-electron chi connectivity index (χ3n) is 2.37. The predicted molar refractivity (Wildman–Crippen MR) is 55.0 cm³/mol. The zero-order valence-corrected chi connectivity index (χ0v) is 9.26. The van der Waals surface area contributed by atoms with E-state index in [0.29, 0.717) is 19.6 Å². The van der Waals surface area contributed by atoms with Crippen molar-refractivity contribution in [2.75, 3.05) is 46.3 Å². The van der Waals surface area contributed by atoms with Crippen molar-refractivity contribution in [2.45, 2.75) is 0 Å². The molecule has 7 heteroatoms. The van der Waals surface area contributed by atoms with Crippen molar-refractivity contribution in [2.24, 2.45) is 5.73 Å². The quantitative estimate of drug-likeness (QED) is 0.578. The van der Waals surface area contributed by atoms with Crippen LogP contribution in [0.2, 0.25) is 0 Å². The molecule has 0 amide bonds. The van der Waals surface area contributed by atoms with Gasteiger partial charge in [0.25, 0.3) is 10.2 Å². The zero-order chi connectivity index (χ0) is 10.6. The highest BCUT2D eigenvalue weighted by atomic mass is 32.2. The fourth-order valence-electron chi connectivity index (χ4n) is 1.51. The van der Waals surface area contributed by atoms with Crippen molar-refractivity contribution in [3.05, 3.63) is 0 Å². The Bertz CT molecular complexity index is 259. The number of nitrogens with two attached hydrogens (primary N) is 1. The Morgan fingerprint density at radius 3 is 2.29 bits per heavy atom. The van der Waals surface area contributed by atoms with E-state index in [1.54, 1.807) is 0 Å². The van der Waals surface area contributed by atoms with Gasteiger partial charge in [0.1, 0.15) is 0 Å². The lowest BCUT2D eigenvalue weighted by Crippen LogP contribution is -2.52. The van der Waals surface area contributed by atoms with Crippen molar-refractivity contribution < 1.29 is 8.42 Å². The van der Waals surface area contributed by atoms with Gasteiger partial charge in [-0.25, -0.2) is 4.72 Å². The Morgan fingerprint density at radius 2 is 1.86 bits per heavy atom. The first-order chi connectivity index (χ1) is 6.60. The van der Waals surface area contributed by atoms with Gasteiger partial charge in [-0.2, -0.15) is 12.7 Å². The van der Waals surface area contributed by atoms with Gasteiger partial charge in [0, 0.05) is 46.3 Å². The maximum Gasteiger partial charge on any atom is 0.279 e. The summed E-state index contributed by atoms with van der Waals surface area (Å²) < 4.78 is 26.6. The standard InChI is InChI=1S/C7H18N4O2S/c1-9-14(12,13)11-6-4-10(3-2-8)5-7-11/h9H,2-8H2,1H3. The number of hydrogen-bond donors (Lipinski definition) is 2. The van der Waals surface area contributed by atoms with Crippen LogP contribution in [0.5, 0.6) is 0 Å². The summed E-state index contributed by atoms with van der Waals surface area (Å²) in [7, 11) is -1.80. The molecule has 0 bridgehead atoms. The normalized spacial score (nSPS) is 21.3. The Labute approximate surface area is 85.2 Å². The molecule has 1 saturated heterocycles. The summed E-state index contributed by atoms with van der Waals surface area (Å²) >= 11 is 0. The molecule has 0 aromatic carbocycles. The summed E-state index contributed by atoms with van der Waals surface area (Å²) in [5.74, 6) is 0. The molecule has 0 unspecified atom stereocenters. The van der Waals surface area contributed by atoms with Gasteiger partial charge in [-0.1, -0.05) is 0 Å². The lowest BCUT2D eigenvalue weighted by Gasteiger charge is -2.33. The van der Waals surface area contributed by atoms with Crippen LogP contribution < -0.4 is 10.5 Å². The molecular weight excluding hydrogens is 204 g/mol. The first-order valence-electron chi connectivity index (χ1n) is 4.71. The summed E-state index contributed by atoms with van der Waals surface area (Å²) in [4.78, 5) is 2.17. The van der Waals surface area contributed by atoms with Gasteiger partial charge in [-0.3, -0.25) is 4.90 Å². The molecule has 84 valence electrons. The van der Waals surface area contributed by atoms with Gasteiger partial charge < -0.3 is 5.73 Å². The Morgan fingerprint density at radius 1 is 1.29 bits per heavy atom. The Kier molecular flexibility index (Phi) is 4.27. The summed E-state index contributed by atoms with van der Waals surface area (Å²) in [5.41, 5.74) is 5.42. The molecule has 6 nitrogen and oxygen atoms in total. The fraction of sp³-hybridized carbons (Fsp3) is 1.00. The van der Waals surface area contributed by atoms with Gasteiger partial charge in [0.15, 0.2) is 0 Å². The van der Waals surface area contributed by atoms with Gasteiger partial charge >= 0.3 is 0 Å². The zero-order valence-electron chi connectivity index (χ0n) is 8.44. The Hall–Kier alpha value is -0.210. The van der Waals surface area contributed by atoms with Crippen LogP contribution in [0.25, 0.3) is 0 Å². The second kappa shape index (κ2) is 5.04. The molecule has 1 aliphatic heterocycles. The van der Waals surface area contributed by atoms with Gasteiger partial charge in [-0.15, -0.1) is 0 Å². The highest BCUT2D eigenvalue weighted by molar-refractivity contribution is 7.87. The van der Waals surface area contributed by atoms with E-state index in [2.05, 4.69) is 9.62 Å². The average Bonchev–Trinajstić information content (AvgIpc) is 2.19. The van der Waals surface area contributed by atoms with E-state index in [4.69, 9.17) is 5.73 Å². The van der Waals surface area contributed by atoms with Crippen LogP contribution in [-0.4, -0.2) is 63.9 Å². The average molecular weight is 222 g/mol. The highest BCUT2D eigenvalue weighted by Crippen LogP contribution is 2.04. The van der Waals surface area contributed by atoms with Crippen molar-refractivity contribution in [3.8, 4) is 0 Å². The van der Waals surface area contributed by atoms with E-state index in [1.165, 1.54) is 11.4 Å². The largest absolute Gasteiger partial charge is 0.329 e. The second-order valence-corrected chi connectivity index (χ2v) is 5.11. The molecule has 0 aromatic heterocycles. The fourth-order valence-corrected chi connectivity index (χ4v) is 2.41. The van der Waals surface area contributed by atoms with Crippen LogP contribution in [-0.2, 0) is 10.2 Å². The molecule has 3 N–H and O–H groups in total. The highest BCUT2D eigenvalue weighted by Gasteiger charge is 2.24. The van der Waals surface area contributed by atoms with E-state index >= 15 is 0 Å². The van der Waals surface area contributed by atoms with Crippen molar-refractivity contribution >= 4 is 10.2 Å². The topological polar surface area (TPSA) is 78.7 Å². The van der Waals surface area contributed by atoms with Gasteiger partial charge in [0.2, 0.25) is 0 Å². The molecule has 0 atom stereocenters. The lowest BCUT2D eigenvalue weighted by molar-refractivity contribution is 0.192. The molecule has 1 heterocycles. The summed E-state index contributed by atoms with van der Waals surface area (Å²) in [5, 5.41) is 0. The first-order valence-corrected chi connectivity index (χ1v) is 6.15. The first kappa shape index (κ1) is 11.9. The third kappa shape index (κ3) is 2.89. The maximum absolute atomic E-state index is 11.4. The molecule has 0 radical (unpaired) electrons. The molecular formula is C7H18N4O2S. The SMILES string of the molecule is CNS(=O)(=O)N1CCN(CCN)CC1. The smallest absolute Gasteiger partial charge is 0.279 e. The number of nitrogens with one attached hydrogen (secondary N) is 1. The molecule has 0 aromatic rings.